The smallest absolute Gasteiger partial charge is 0.435 e. The van der Waals surface area contributed by atoms with Gasteiger partial charge in [0, 0.05) is 35.6 Å². The molecule has 28 heavy (non-hydrogen) atoms. The minimum absolute atomic E-state index is 0.129. The van der Waals surface area contributed by atoms with Crippen LogP contribution in [0.4, 0.5) is 13.2 Å². The molecule has 1 aliphatic rings. The van der Waals surface area contributed by atoms with Crippen molar-refractivity contribution in [3.8, 4) is 5.75 Å². The number of piperidine rings is 1. The lowest BCUT2D eigenvalue weighted by Gasteiger charge is -2.30. The molecule has 7 heteroatoms. The van der Waals surface area contributed by atoms with Gasteiger partial charge in [0.25, 0.3) is 0 Å². The quantitative estimate of drug-likeness (QED) is 0.607. The van der Waals surface area contributed by atoms with Crippen molar-refractivity contribution in [3.63, 3.8) is 0 Å². The molecule has 1 atom stereocenters. The van der Waals surface area contributed by atoms with Crippen molar-refractivity contribution in [1.82, 2.24) is 14.5 Å². The molecule has 0 bridgehead atoms. The monoisotopic (exact) mass is 391 g/mol. The average molecular weight is 391 g/mol. The van der Waals surface area contributed by atoms with Crippen LogP contribution in [0.15, 0.2) is 30.5 Å². The molecule has 0 saturated carbocycles. The summed E-state index contributed by atoms with van der Waals surface area (Å²) in [7, 11) is 1.56. The maximum atomic E-state index is 13.8. The first-order valence-electron chi connectivity index (χ1n) is 9.66. The third kappa shape index (κ3) is 3.32. The molecule has 1 aromatic carbocycles. The SMILES string of the molecule is COc1ccc2c3ccnc(C(F)(F)F)c3n(C(C)CN3CCCCC3)c2c1. The Bertz CT molecular complexity index is 990. The van der Waals surface area contributed by atoms with Gasteiger partial charge < -0.3 is 14.2 Å². The zero-order valence-electron chi connectivity index (χ0n) is 16.1. The molecule has 1 fully saturated rings. The Morgan fingerprint density at radius 1 is 1.11 bits per heavy atom. The van der Waals surface area contributed by atoms with Crippen LogP contribution in [0.5, 0.6) is 5.75 Å². The van der Waals surface area contributed by atoms with Gasteiger partial charge >= 0.3 is 6.18 Å². The summed E-state index contributed by atoms with van der Waals surface area (Å²) in [6.07, 6.45) is 0.237. The second-order valence-electron chi connectivity index (χ2n) is 7.52. The first-order valence-corrected chi connectivity index (χ1v) is 9.66. The zero-order valence-corrected chi connectivity index (χ0v) is 16.1. The van der Waals surface area contributed by atoms with E-state index in [2.05, 4.69) is 9.88 Å². The number of hydrogen-bond acceptors (Lipinski definition) is 3. The number of halogens is 3. The summed E-state index contributed by atoms with van der Waals surface area (Å²) in [5.41, 5.74) is 0.0748. The van der Waals surface area contributed by atoms with Gasteiger partial charge in [0.1, 0.15) is 5.75 Å². The molecule has 0 radical (unpaired) electrons. The van der Waals surface area contributed by atoms with Crippen molar-refractivity contribution < 1.29 is 17.9 Å². The van der Waals surface area contributed by atoms with Crippen molar-refractivity contribution in [2.75, 3.05) is 26.7 Å². The van der Waals surface area contributed by atoms with E-state index < -0.39 is 11.9 Å². The van der Waals surface area contributed by atoms with Gasteiger partial charge in [0.15, 0.2) is 5.69 Å². The molecular formula is C21H24F3N3O. The fourth-order valence-electron chi connectivity index (χ4n) is 4.36. The fourth-order valence-corrected chi connectivity index (χ4v) is 4.36. The highest BCUT2D eigenvalue weighted by Crippen LogP contribution is 2.40. The van der Waals surface area contributed by atoms with Crippen LogP contribution >= 0.6 is 0 Å². The normalized spacial score (nSPS) is 17.3. The van der Waals surface area contributed by atoms with Gasteiger partial charge in [-0.1, -0.05) is 6.42 Å². The van der Waals surface area contributed by atoms with E-state index in [0.717, 1.165) is 36.8 Å². The molecule has 1 aliphatic heterocycles. The van der Waals surface area contributed by atoms with Gasteiger partial charge in [-0.2, -0.15) is 13.2 Å². The summed E-state index contributed by atoms with van der Waals surface area (Å²) >= 11 is 0. The van der Waals surface area contributed by atoms with Gasteiger partial charge in [-0.3, -0.25) is 0 Å². The van der Waals surface area contributed by atoms with Crippen LogP contribution in [0.1, 0.15) is 37.9 Å². The van der Waals surface area contributed by atoms with Gasteiger partial charge in [-0.15, -0.1) is 0 Å². The average Bonchev–Trinajstić information content (AvgIpc) is 3.01. The Morgan fingerprint density at radius 3 is 2.54 bits per heavy atom. The Balaban J connectivity index is 1.94. The van der Waals surface area contributed by atoms with Gasteiger partial charge in [-0.25, -0.2) is 4.98 Å². The number of aromatic nitrogens is 2. The Labute approximate surface area is 161 Å². The number of pyridine rings is 1. The third-order valence-electron chi connectivity index (χ3n) is 5.60. The number of nitrogens with zero attached hydrogens (tertiary/aromatic N) is 3. The van der Waals surface area contributed by atoms with Crippen LogP contribution < -0.4 is 4.74 Å². The standard InChI is InChI=1S/C21H24F3N3O/c1-14(13-26-10-4-3-5-11-26)27-18-12-15(28-2)6-7-16(18)17-8-9-25-20(19(17)27)21(22,23)24/h6-9,12,14H,3-5,10-11,13H2,1-2H3. The highest BCUT2D eigenvalue weighted by molar-refractivity contribution is 6.09. The van der Waals surface area contributed by atoms with Gasteiger partial charge in [0.05, 0.1) is 18.1 Å². The van der Waals surface area contributed by atoms with Crippen LogP contribution in [0.2, 0.25) is 0 Å². The lowest BCUT2D eigenvalue weighted by atomic mass is 10.1. The molecule has 0 spiro atoms. The van der Waals surface area contributed by atoms with E-state index in [-0.39, 0.29) is 11.6 Å². The summed E-state index contributed by atoms with van der Waals surface area (Å²) in [5, 5.41) is 1.36. The van der Waals surface area contributed by atoms with E-state index in [0.29, 0.717) is 17.7 Å². The van der Waals surface area contributed by atoms with Crippen LogP contribution in [0.3, 0.4) is 0 Å². The second kappa shape index (κ2) is 7.28. The first-order chi connectivity index (χ1) is 13.4. The van der Waals surface area contributed by atoms with Crippen molar-refractivity contribution in [2.45, 2.75) is 38.4 Å². The summed E-state index contributed by atoms with van der Waals surface area (Å²) in [4.78, 5) is 6.06. The van der Waals surface area contributed by atoms with Crippen molar-refractivity contribution >= 4 is 21.8 Å². The van der Waals surface area contributed by atoms with E-state index >= 15 is 0 Å². The number of alkyl halides is 3. The minimum Gasteiger partial charge on any atom is -0.497 e. The molecule has 150 valence electrons. The maximum Gasteiger partial charge on any atom is 0.435 e. The maximum absolute atomic E-state index is 13.8. The summed E-state index contributed by atoms with van der Waals surface area (Å²) in [5.74, 6) is 0.628. The van der Waals surface area contributed by atoms with Crippen LogP contribution in [-0.2, 0) is 6.18 Å². The summed E-state index contributed by atoms with van der Waals surface area (Å²) in [6.45, 7) is 4.69. The lowest BCUT2D eigenvalue weighted by molar-refractivity contribution is -0.140. The molecule has 2 aromatic heterocycles. The summed E-state index contributed by atoms with van der Waals surface area (Å²) in [6, 6.07) is 6.98. The molecule has 1 saturated heterocycles. The molecule has 1 unspecified atom stereocenters. The van der Waals surface area contributed by atoms with E-state index in [1.807, 2.05) is 19.1 Å². The molecule has 0 amide bonds. The summed E-state index contributed by atoms with van der Waals surface area (Å²) < 4.78 is 48.5. The third-order valence-corrected chi connectivity index (χ3v) is 5.60. The Hall–Kier alpha value is -2.28. The predicted octanol–water partition coefficient (Wildman–Crippen LogP) is 5.26. The molecule has 4 nitrogen and oxygen atoms in total. The molecule has 4 rings (SSSR count). The molecule has 0 N–H and O–H groups in total. The van der Waals surface area contributed by atoms with Crippen molar-refractivity contribution in [1.29, 1.82) is 0 Å². The number of methoxy groups -OCH3 is 1. The Morgan fingerprint density at radius 2 is 1.86 bits per heavy atom. The van der Waals surface area contributed by atoms with E-state index in [1.54, 1.807) is 23.8 Å². The van der Waals surface area contributed by atoms with E-state index in [1.165, 1.54) is 12.6 Å². The largest absolute Gasteiger partial charge is 0.497 e. The highest BCUT2D eigenvalue weighted by Gasteiger charge is 2.37. The predicted molar refractivity (Wildman–Crippen MR) is 104 cm³/mol. The van der Waals surface area contributed by atoms with Gasteiger partial charge in [0.2, 0.25) is 0 Å². The first kappa shape index (κ1) is 19.1. The number of ether oxygens (including phenoxy) is 1. The van der Waals surface area contributed by atoms with Crippen LogP contribution in [0, 0.1) is 0 Å². The van der Waals surface area contributed by atoms with E-state index in [9.17, 15) is 13.2 Å². The highest BCUT2D eigenvalue weighted by atomic mass is 19.4. The van der Waals surface area contributed by atoms with Gasteiger partial charge in [-0.05, 0) is 51.1 Å². The Kier molecular flexibility index (Phi) is 4.95. The number of rotatable bonds is 4. The number of benzene rings is 1. The topological polar surface area (TPSA) is 30.3 Å². The molecule has 0 aliphatic carbocycles. The lowest BCUT2D eigenvalue weighted by Crippen LogP contribution is -2.34. The number of fused-ring (bicyclic) bond motifs is 3. The molecule has 3 heterocycles. The molecule has 3 aromatic rings. The van der Waals surface area contributed by atoms with Crippen molar-refractivity contribution in [2.24, 2.45) is 0 Å². The minimum atomic E-state index is -4.51. The van der Waals surface area contributed by atoms with E-state index in [4.69, 9.17) is 4.74 Å². The van der Waals surface area contributed by atoms with Crippen LogP contribution in [0.25, 0.3) is 21.8 Å². The molecular weight excluding hydrogens is 367 g/mol. The zero-order chi connectivity index (χ0) is 19.9. The fraction of sp³-hybridized carbons (Fsp3) is 0.476. The van der Waals surface area contributed by atoms with Crippen LogP contribution in [-0.4, -0.2) is 41.2 Å². The second-order valence-corrected chi connectivity index (χ2v) is 7.52. The number of likely N-dealkylation sites (tertiary alicyclic amines) is 1. The van der Waals surface area contributed by atoms with Crippen molar-refractivity contribution in [3.05, 3.63) is 36.2 Å². The number of hydrogen-bond donors (Lipinski definition) is 0.